The molecule has 1 aromatic heterocycles. The average Bonchev–Trinajstić information content (AvgIpc) is 2.48. The second-order valence-corrected chi connectivity index (χ2v) is 5.99. The van der Waals surface area contributed by atoms with Gasteiger partial charge in [0.25, 0.3) is 0 Å². The minimum Gasteiger partial charge on any atom is -0.241 e. The SMILES string of the molecule is Cc1cc(SCCc2ccccc2)nc2ccccc12. The number of pyridine rings is 1. The van der Waals surface area contributed by atoms with Crippen molar-refractivity contribution < 1.29 is 0 Å². The third kappa shape index (κ3) is 3.02. The van der Waals surface area contributed by atoms with Gasteiger partial charge in [0.2, 0.25) is 0 Å². The molecule has 0 atom stereocenters. The second-order valence-electron chi connectivity index (χ2n) is 4.88. The zero-order valence-corrected chi connectivity index (χ0v) is 12.4. The van der Waals surface area contributed by atoms with E-state index in [1.54, 1.807) is 0 Å². The van der Waals surface area contributed by atoms with E-state index in [2.05, 4.69) is 61.5 Å². The predicted molar refractivity (Wildman–Crippen MR) is 87.4 cm³/mol. The van der Waals surface area contributed by atoms with Crippen LogP contribution in [0.3, 0.4) is 0 Å². The normalized spacial score (nSPS) is 10.8. The summed E-state index contributed by atoms with van der Waals surface area (Å²) in [4.78, 5) is 4.73. The van der Waals surface area contributed by atoms with E-state index < -0.39 is 0 Å². The van der Waals surface area contributed by atoms with Gasteiger partial charge in [-0.05, 0) is 36.6 Å². The Morgan fingerprint density at radius 2 is 1.70 bits per heavy atom. The number of hydrogen-bond acceptors (Lipinski definition) is 2. The lowest BCUT2D eigenvalue weighted by Gasteiger charge is -2.06. The van der Waals surface area contributed by atoms with Gasteiger partial charge in [-0.3, -0.25) is 0 Å². The highest BCUT2D eigenvalue weighted by Gasteiger charge is 2.03. The monoisotopic (exact) mass is 279 g/mol. The van der Waals surface area contributed by atoms with E-state index >= 15 is 0 Å². The first kappa shape index (κ1) is 13.2. The molecule has 0 saturated carbocycles. The van der Waals surface area contributed by atoms with E-state index in [9.17, 15) is 0 Å². The van der Waals surface area contributed by atoms with Crippen molar-refractivity contribution in [1.29, 1.82) is 0 Å². The Morgan fingerprint density at radius 3 is 2.55 bits per heavy atom. The highest BCUT2D eigenvalue weighted by molar-refractivity contribution is 7.99. The average molecular weight is 279 g/mol. The van der Waals surface area contributed by atoms with Crippen molar-refractivity contribution in [2.24, 2.45) is 0 Å². The van der Waals surface area contributed by atoms with Gasteiger partial charge in [-0.1, -0.05) is 48.5 Å². The zero-order chi connectivity index (χ0) is 13.8. The quantitative estimate of drug-likeness (QED) is 0.631. The summed E-state index contributed by atoms with van der Waals surface area (Å²) in [5.74, 6) is 1.06. The van der Waals surface area contributed by atoms with Gasteiger partial charge < -0.3 is 0 Å². The molecule has 2 heteroatoms. The van der Waals surface area contributed by atoms with Crippen molar-refractivity contribution in [2.45, 2.75) is 18.4 Å². The Kier molecular flexibility index (Phi) is 4.03. The minimum atomic E-state index is 1.06. The van der Waals surface area contributed by atoms with Crippen LogP contribution in [0.15, 0.2) is 65.7 Å². The van der Waals surface area contributed by atoms with Crippen LogP contribution in [0.4, 0.5) is 0 Å². The first-order valence-corrected chi connectivity index (χ1v) is 7.84. The molecule has 0 N–H and O–H groups in total. The highest BCUT2D eigenvalue weighted by Crippen LogP contribution is 2.24. The third-order valence-electron chi connectivity index (χ3n) is 3.38. The first-order valence-electron chi connectivity index (χ1n) is 6.86. The number of aryl methyl sites for hydroxylation is 2. The van der Waals surface area contributed by atoms with Crippen LogP contribution < -0.4 is 0 Å². The lowest BCUT2D eigenvalue weighted by molar-refractivity contribution is 1.13. The van der Waals surface area contributed by atoms with Crippen molar-refractivity contribution in [2.75, 3.05) is 5.75 Å². The molecular formula is C18H17NS. The topological polar surface area (TPSA) is 12.9 Å². The smallest absolute Gasteiger partial charge is 0.0970 e. The maximum absolute atomic E-state index is 4.73. The van der Waals surface area contributed by atoms with E-state index in [4.69, 9.17) is 4.98 Å². The van der Waals surface area contributed by atoms with E-state index in [1.807, 2.05) is 17.8 Å². The predicted octanol–water partition coefficient (Wildman–Crippen LogP) is 4.88. The molecule has 0 aliphatic rings. The van der Waals surface area contributed by atoms with E-state index in [1.165, 1.54) is 16.5 Å². The van der Waals surface area contributed by atoms with Crippen LogP contribution in [0, 0.1) is 6.92 Å². The van der Waals surface area contributed by atoms with Gasteiger partial charge >= 0.3 is 0 Å². The minimum absolute atomic E-state index is 1.06. The number of rotatable bonds is 4. The molecule has 3 aromatic rings. The Labute approximate surface area is 124 Å². The number of nitrogens with zero attached hydrogens (tertiary/aromatic N) is 1. The van der Waals surface area contributed by atoms with E-state index in [0.717, 1.165) is 22.7 Å². The molecule has 0 bridgehead atoms. The molecule has 0 unspecified atom stereocenters. The summed E-state index contributed by atoms with van der Waals surface area (Å²) in [7, 11) is 0. The fourth-order valence-corrected chi connectivity index (χ4v) is 3.28. The molecule has 1 nitrogen and oxygen atoms in total. The van der Waals surface area contributed by atoms with Crippen molar-refractivity contribution in [3.8, 4) is 0 Å². The fourth-order valence-electron chi connectivity index (χ4n) is 2.31. The molecule has 0 radical (unpaired) electrons. The van der Waals surface area contributed by atoms with E-state index in [0.29, 0.717) is 0 Å². The van der Waals surface area contributed by atoms with Gasteiger partial charge in [0.15, 0.2) is 0 Å². The van der Waals surface area contributed by atoms with Crippen LogP contribution in [0.2, 0.25) is 0 Å². The van der Waals surface area contributed by atoms with Crippen LogP contribution in [0.1, 0.15) is 11.1 Å². The van der Waals surface area contributed by atoms with Crippen molar-refractivity contribution in [3.63, 3.8) is 0 Å². The standard InChI is InChI=1S/C18H17NS/c1-14-13-18(19-17-10-6-5-9-16(14)17)20-12-11-15-7-3-2-4-8-15/h2-10,13H,11-12H2,1H3. The largest absolute Gasteiger partial charge is 0.241 e. The molecule has 1 heterocycles. The van der Waals surface area contributed by atoms with Gasteiger partial charge in [-0.15, -0.1) is 11.8 Å². The summed E-state index contributed by atoms with van der Waals surface area (Å²) in [6, 6.07) is 21.1. The van der Waals surface area contributed by atoms with Crippen molar-refractivity contribution in [1.82, 2.24) is 4.98 Å². The maximum atomic E-state index is 4.73. The molecule has 0 spiro atoms. The molecular weight excluding hydrogens is 262 g/mol. The third-order valence-corrected chi connectivity index (χ3v) is 4.30. The lowest BCUT2D eigenvalue weighted by Crippen LogP contribution is -1.91. The molecule has 2 aromatic carbocycles. The number of benzene rings is 2. The Hall–Kier alpha value is -1.80. The van der Waals surface area contributed by atoms with Gasteiger partial charge in [0.05, 0.1) is 10.5 Å². The molecule has 0 fully saturated rings. The summed E-state index contributed by atoms with van der Waals surface area (Å²) in [6.07, 6.45) is 1.08. The lowest BCUT2D eigenvalue weighted by atomic mass is 10.1. The molecule has 3 rings (SSSR count). The van der Waals surface area contributed by atoms with Gasteiger partial charge in [0.1, 0.15) is 0 Å². The molecule has 0 aliphatic heterocycles. The highest BCUT2D eigenvalue weighted by atomic mass is 32.2. The van der Waals surface area contributed by atoms with Crippen LogP contribution in [-0.2, 0) is 6.42 Å². The molecule has 20 heavy (non-hydrogen) atoms. The summed E-state index contributed by atoms with van der Waals surface area (Å²) >= 11 is 1.83. The van der Waals surface area contributed by atoms with Crippen LogP contribution in [0.5, 0.6) is 0 Å². The number of para-hydroxylation sites is 1. The van der Waals surface area contributed by atoms with Crippen LogP contribution in [0.25, 0.3) is 10.9 Å². The zero-order valence-electron chi connectivity index (χ0n) is 11.5. The van der Waals surface area contributed by atoms with Gasteiger partial charge in [-0.2, -0.15) is 0 Å². The summed E-state index contributed by atoms with van der Waals surface area (Å²) in [5, 5.41) is 2.37. The van der Waals surface area contributed by atoms with Crippen LogP contribution in [-0.4, -0.2) is 10.7 Å². The molecule has 100 valence electrons. The summed E-state index contributed by atoms with van der Waals surface area (Å²) in [6.45, 7) is 2.16. The maximum Gasteiger partial charge on any atom is 0.0970 e. The first-order chi connectivity index (χ1) is 9.83. The number of fused-ring (bicyclic) bond motifs is 1. The molecule has 0 saturated heterocycles. The van der Waals surface area contributed by atoms with Gasteiger partial charge in [0, 0.05) is 11.1 Å². The number of hydrogen-bond donors (Lipinski definition) is 0. The molecule has 0 aliphatic carbocycles. The summed E-state index contributed by atoms with van der Waals surface area (Å²) < 4.78 is 0. The Morgan fingerprint density at radius 1 is 0.950 bits per heavy atom. The molecule has 0 amide bonds. The Bertz CT molecular complexity index is 707. The fraction of sp³-hybridized carbons (Fsp3) is 0.167. The van der Waals surface area contributed by atoms with Gasteiger partial charge in [-0.25, -0.2) is 4.98 Å². The second kappa shape index (κ2) is 6.10. The van der Waals surface area contributed by atoms with E-state index in [-0.39, 0.29) is 0 Å². The number of thioether (sulfide) groups is 1. The Balaban J connectivity index is 1.72. The van der Waals surface area contributed by atoms with Crippen molar-refractivity contribution >= 4 is 22.7 Å². The van der Waals surface area contributed by atoms with Crippen molar-refractivity contribution in [3.05, 3.63) is 71.8 Å². The van der Waals surface area contributed by atoms with Crippen LogP contribution >= 0.6 is 11.8 Å². The summed E-state index contributed by atoms with van der Waals surface area (Å²) in [5.41, 5.74) is 3.78. The number of aromatic nitrogens is 1.